The van der Waals surface area contributed by atoms with Gasteiger partial charge in [0.15, 0.2) is 5.84 Å². The molecule has 0 saturated heterocycles. The van der Waals surface area contributed by atoms with Crippen LogP contribution in [0.1, 0.15) is 27.2 Å². The van der Waals surface area contributed by atoms with Crippen molar-refractivity contribution in [2.24, 2.45) is 10.9 Å². The molecule has 1 amide bonds. The number of ether oxygens (including phenoxy) is 1. The Morgan fingerprint density at radius 2 is 2.20 bits per heavy atom. The first-order valence-corrected chi connectivity index (χ1v) is 4.64. The van der Waals surface area contributed by atoms with E-state index in [2.05, 4.69) is 10.5 Å². The minimum Gasteiger partial charge on any atom is -0.409 e. The van der Waals surface area contributed by atoms with Gasteiger partial charge >= 0.3 is 0 Å². The summed E-state index contributed by atoms with van der Waals surface area (Å²) in [5.41, 5.74) is 4.80. The molecule has 4 N–H and O–H groups in total. The van der Waals surface area contributed by atoms with Crippen molar-refractivity contribution < 1.29 is 14.7 Å². The Balaban J connectivity index is 4.16. The van der Waals surface area contributed by atoms with Gasteiger partial charge in [-0.3, -0.25) is 4.79 Å². The fourth-order valence-electron chi connectivity index (χ4n) is 0.912. The first-order chi connectivity index (χ1) is 6.82. The van der Waals surface area contributed by atoms with Crippen molar-refractivity contribution in [2.45, 2.75) is 38.8 Å². The quantitative estimate of drug-likeness (QED) is 0.262. The molecule has 6 nitrogen and oxygen atoms in total. The predicted molar refractivity (Wildman–Crippen MR) is 56.7 cm³/mol. The summed E-state index contributed by atoms with van der Waals surface area (Å²) in [7, 11) is 1.54. The van der Waals surface area contributed by atoms with Crippen molar-refractivity contribution in [1.29, 1.82) is 0 Å². The van der Waals surface area contributed by atoms with Crippen LogP contribution in [-0.4, -0.2) is 35.7 Å². The number of nitrogens with two attached hydrogens (primary N) is 1. The normalized spacial score (nSPS) is 14.8. The second-order valence-electron chi connectivity index (χ2n) is 3.95. The van der Waals surface area contributed by atoms with Crippen molar-refractivity contribution in [1.82, 2.24) is 5.32 Å². The summed E-state index contributed by atoms with van der Waals surface area (Å²) in [5.74, 6) is -0.237. The van der Waals surface area contributed by atoms with Crippen LogP contribution < -0.4 is 11.1 Å². The number of carbonyl (C=O) groups is 1. The van der Waals surface area contributed by atoms with E-state index in [0.717, 1.165) is 0 Å². The smallest absolute Gasteiger partial charge is 0.223 e. The predicted octanol–water partition coefficient (Wildman–Crippen LogP) is 0.0526. The van der Waals surface area contributed by atoms with Gasteiger partial charge in [0.1, 0.15) is 0 Å². The van der Waals surface area contributed by atoms with E-state index in [4.69, 9.17) is 15.7 Å². The van der Waals surface area contributed by atoms with Gasteiger partial charge < -0.3 is 21.0 Å². The van der Waals surface area contributed by atoms with Gasteiger partial charge in [-0.1, -0.05) is 5.16 Å². The van der Waals surface area contributed by atoms with Crippen LogP contribution >= 0.6 is 0 Å². The summed E-state index contributed by atoms with van der Waals surface area (Å²) in [6.45, 7) is 5.24. The van der Waals surface area contributed by atoms with Crippen LogP contribution in [0.2, 0.25) is 0 Å². The van der Waals surface area contributed by atoms with Crippen LogP contribution in [0, 0.1) is 0 Å². The number of amides is 1. The first-order valence-electron chi connectivity index (χ1n) is 4.64. The Morgan fingerprint density at radius 3 is 2.60 bits per heavy atom. The van der Waals surface area contributed by atoms with E-state index >= 15 is 0 Å². The molecule has 0 aliphatic heterocycles. The van der Waals surface area contributed by atoms with Gasteiger partial charge in [0.05, 0.1) is 18.1 Å². The largest absolute Gasteiger partial charge is 0.409 e. The topological polar surface area (TPSA) is 96.9 Å². The Labute approximate surface area is 89.5 Å². The van der Waals surface area contributed by atoms with E-state index in [9.17, 15) is 4.79 Å². The zero-order chi connectivity index (χ0) is 12.1. The molecule has 0 aliphatic rings. The second-order valence-corrected chi connectivity index (χ2v) is 3.95. The molecule has 0 aliphatic carbocycles. The number of hydrogen-bond donors (Lipinski definition) is 3. The van der Waals surface area contributed by atoms with Gasteiger partial charge in [-0.15, -0.1) is 0 Å². The molecule has 0 radical (unpaired) electrons. The number of carbonyl (C=O) groups excluding carboxylic acids is 1. The van der Waals surface area contributed by atoms with Crippen LogP contribution in [-0.2, 0) is 9.53 Å². The summed E-state index contributed by atoms with van der Waals surface area (Å²) in [4.78, 5) is 11.5. The highest BCUT2D eigenvalue weighted by Crippen LogP contribution is 2.12. The van der Waals surface area contributed by atoms with Crippen LogP contribution in [0.15, 0.2) is 5.16 Å². The van der Waals surface area contributed by atoms with E-state index in [1.807, 2.05) is 0 Å². The number of oxime groups is 1. The molecule has 0 fully saturated rings. The Hall–Kier alpha value is -1.30. The molecule has 0 saturated carbocycles. The number of rotatable bonds is 5. The Kier molecular flexibility index (Phi) is 5.07. The minimum absolute atomic E-state index is 0.0291. The molecule has 0 aromatic rings. The second kappa shape index (κ2) is 5.55. The maximum Gasteiger partial charge on any atom is 0.223 e. The lowest BCUT2D eigenvalue weighted by Crippen LogP contribution is -2.44. The van der Waals surface area contributed by atoms with Gasteiger partial charge in [-0.05, 0) is 20.8 Å². The first kappa shape index (κ1) is 13.7. The Bertz CT molecular complexity index is 251. The van der Waals surface area contributed by atoms with E-state index in [0.29, 0.717) is 0 Å². The molecular weight excluding hydrogens is 198 g/mol. The van der Waals surface area contributed by atoms with Crippen molar-refractivity contribution in [3.05, 3.63) is 0 Å². The number of nitrogens with zero attached hydrogens (tertiary/aromatic N) is 1. The monoisotopic (exact) mass is 217 g/mol. The molecule has 0 aromatic carbocycles. The molecule has 0 bridgehead atoms. The SMILES string of the molecule is COC(C)(C)CC(=O)NC(C)C(N)=NO. The zero-order valence-electron chi connectivity index (χ0n) is 9.57. The summed E-state index contributed by atoms with van der Waals surface area (Å²) in [6, 6.07) is -0.491. The van der Waals surface area contributed by atoms with Crippen LogP contribution in [0.25, 0.3) is 0 Å². The maximum absolute atomic E-state index is 11.5. The van der Waals surface area contributed by atoms with Crippen molar-refractivity contribution >= 4 is 11.7 Å². The van der Waals surface area contributed by atoms with Gasteiger partial charge in [-0.25, -0.2) is 0 Å². The minimum atomic E-state index is -0.519. The molecule has 6 heteroatoms. The van der Waals surface area contributed by atoms with Crippen LogP contribution in [0.5, 0.6) is 0 Å². The third kappa shape index (κ3) is 5.21. The molecule has 0 aromatic heterocycles. The molecule has 0 rings (SSSR count). The summed E-state index contributed by atoms with van der Waals surface area (Å²) >= 11 is 0. The van der Waals surface area contributed by atoms with Gasteiger partial charge in [0.2, 0.25) is 5.91 Å². The van der Waals surface area contributed by atoms with E-state index in [-0.39, 0.29) is 18.2 Å². The lowest BCUT2D eigenvalue weighted by Gasteiger charge is -2.23. The van der Waals surface area contributed by atoms with Gasteiger partial charge in [0.25, 0.3) is 0 Å². The fraction of sp³-hybridized carbons (Fsp3) is 0.778. The lowest BCUT2D eigenvalue weighted by atomic mass is 10.0. The highest BCUT2D eigenvalue weighted by atomic mass is 16.5. The molecule has 88 valence electrons. The van der Waals surface area contributed by atoms with Gasteiger partial charge in [0, 0.05) is 7.11 Å². The van der Waals surface area contributed by atoms with Crippen molar-refractivity contribution in [3.63, 3.8) is 0 Å². The van der Waals surface area contributed by atoms with E-state index in [1.54, 1.807) is 27.9 Å². The number of methoxy groups -OCH3 is 1. The van der Waals surface area contributed by atoms with Crippen LogP contribution in [0.3, 0.4) is 0 Å². The van der Waals surface area contributed by atoms with Crippen molar-refractivity contribution in [2.75, 3.05) is 7.11 Å². The van der Waals surface area contributed by atoms with Crippen molar-refractivity contribution in [3.8, 4) is 0 Å². The number of hydrogen-bond acceptors (Lipinski definition) is 4. The molecule has 1 atom stereocenters. The summed E-state index contributed by atoms with van der Waals surface area (Å²) < 4.78 is 5.10. The highest BCUT2D eigenvalue weighted by Gasteiger charge is 2.22. The zero-order valence-corrected chi connectivity index (χ0v) is 9.57. The number of amidine groups is 1. The molecular formula is C9H19N3O3. The molecule has 15 heavy (non-hydrogen) atoms. The highest BCUT2D eigenvalue weighted by molar-refractivity contribution is 5.89. The third-order valence-electron chi connectivity index (χ3n) is 2.08. The maximum atomic E-state index is 11.5. The average molecular weight is 217 g/mol. The molecule has 1 unspecified atom stereocenters. The van der Waals surface area contributed by atoms with Crippen LogP contribution in [0.4, 0.5) is 0 Å². The summed E-state index contributed by atoms with van der Waals surface area (Å²) in [5, 5.41) is 13.8. The number of nitrogens with one attached hydrogen (secondary N) is 1. The third-order valence-corrected chi connectivity index (χ3v) is 2.08. The van der Waals surface area contributed by atoms with E-state index < -0.39 is 11.6 Å². The van der Waals surface area contributed by atoms with E-state index in [1.165, 1.54) is 0 Å². The fourth-order valence-corrected chi connectivity index (χ4v) is 0.912. The lowest BCUT2D eigenvalue weighted by molar-refractivity contribution is -0.126. The molecule has 0 heterocycles. The molecule has 0 spiro atoms. The van der Waals surface area contributed by atoms with Gasteiger partial charge in [-0.2, -0.15) is 0 Å². The average Bonchev–Trinajstić information content (AvgIpc) is 2.15. The standard InChI is InChI=1S/C9H19N3O3/c1-6(8(10)12-14)11-7(13)5-9(2,3)15-4/h6,14H,5H2,1-4H3,(H2,10,12)(H,11,13). The Morgan fingerprint density at radius 1 is 1.67 bits per heavy atom. The summed E-state index contributed by atoms with van der Waals surface area (Å²) in [6.07, 6.45) is 0.215.